The van der Waals surface area contributed by atoms with Crippen LogP contribution in [0.25, 0.3) is 0 Å². The fourth-order valence-electron chi connectivity index (χ4n) is 1.73. The minimum Gasteiger partial charge on any atom is -0.493 e. The van der Waals surface area contributed by atoms with Gasteiger partial charge in [-0.3, -0.25) is 9.59 Å². The van der Waals surface area contributed by atoms with Crippen LogP contribution in [0.1, 0.15) is 12.0 Å². The number of methoxy groups -OCH3 is 3. The van der Waals surface area contributed by atoms with Crippen molar-refractivity contribution in [1.29, 1.82) is 0 Å². The lowest BCUT2D eigenvalue weighted by molar-refractivity contribution is -0.129. The lowest BCUT2D eigenvalue weighted by atomic mass is 10.2. The maximum atomic E-state index is 11.6. The van der Waals surface area contributed by atoms with Gasteiger partial charge in [-0.15, -0.1) is 0 Å². The standard InChI is InChI=1S/C15H21N3O5/c1-21-8-7-16-13(19)9-14(20)18-17-10-11-5-4-6-12(22-2)15(11)23-3/h4-6,10H,7-9H2,1-3H3,(H,16,19)(H,18,20). The molecule has 0 spiro atoms. The second kappa shape index (κ2) is 10.2. The average molecular weight is 323 g/mol. The molecular weight excluding hydrogens is 302 g/mol. The van der Waals surface area contributed by atoms with Gasteiger partial charge in [-0.25, -0.2) is 5.43 Å². The third-order valence-electron chi connectivity index (χ3n) is 2.78. The zero-order valence-corrected chi connectivity index (χ0v) is 13.4. The second-order valence-corrected chi connectivity index (χ2v) is 4.40. The van der Waals surface area contributed by atoms with Gasteiger partial charge in [0.2, 0.25) is 11.8 Å². The Hall–Kier alpha value is -2.61. The summed E-state index contributed by atoms with van der Waals surface area (Å²) in [7, 11) is 4.57. The number of amides is 2. The van der Waals surface area contributed by atoms with E-state index in [2.05, 4.69) is 15.8 Å². The van der Waals surface area contributed by atoms with Crippen LogP contribution < -0.4 is 20.2 Å². The largest absolute Gasteiger partial charge is 0.493 e. The quantitative estimate of drug-likeness (QED) is 0.295. The van der Waals surface area contributed by atoms with Gasteiger partial charge in [0.15, 0.2) is 11.5 Å². The van der Waals surface area contributed by atoms with E-state index in [1.54, 1.807) is 18.2 Å². The summed E-state index contributed by atoms with van der Waals surface area (Å²) in [6, 6.07) is 5.28. The van der Waals surface area contributed by atoms with Crippen molar-refractivity contribution < 1.29 is 23.8 Å². The molecule has 2 amide bonds. The summed E-state index contributed by atoms with van der Waals surface area (Å²) in [5, 5.41) is 6.35. The first-order valence-corrected chi connectivity index (χ1v) is 6.91. The molecule has 0 unspecified atom stereocenters. The Morgan fingerprint density at radius 3 is 2.61 bits per heavy atom. The SMILES string of the molecule is COCCNC(=O)CC(=O)NN=Cc1cccc(OC)c1OC. The molecule has 1 rings (SSSR count). The van der Waals surface area contributed by atoms with E-state index in [4.69, 9.17) is 14.2 Å². The molecule has 126 valence electrons. The number of para-hydroxylation sites is 1. The smallest absolute Gasteiger partial charge is 0.249 e. The predicted octanol–water partition coefficient (Wildman–Crippen LogP) is 0.307. The van der Waals surface area contributed by atoms with Gasteiger partial charge in [0.05, 0.1) is 27.0 Å². The van der Waals surface area contributed by atoms with Gasteiger partial charge in [0.25, 0.3) is 0 Å². The van der Waals surface area contributed by atoms with Crippen LogP contribution in [0.5, 0.6) is 11.5 Å². The van der Waals surface area contributed by atoms with Crippen molar-refractivity contribution in [3.63, 3.8) is 0 Å². The van der Waals surface area contributed by atoms with Crippen LogP contribution in [0.2, 0.25) is 0 Å². The van der Waals surface area contributed by atoms with E-state index >= 15 is 0 Å². The van der Waals surface area contributed by atoms with E-state index in [1.807, 2.05) is 0 Å². The fraction of sp³-hybridized carbons (Fsp3) is 0.400. The van der Waals surface area contributed by atoms with Crippen molar-refractivity contribution in [3.8, 4) is 11.5 Å². The Bertz CT molecular complexity index is 560. The summed E-state index contributed by atoms with van der Waals surface area (Å²) < 4.78 is 15.2. The fourth-order valence-corrected chi connectivity index (χ4v) is 1.73. The van der Waals surface area contributed by atoms with E-state index in [0.717, 1.165) is 0 Å². The minimum absolute atomic E-state index is 0.309. The van der Waals surface area contributed by atoms with Crippen LogP contribution in [-0.2, 0) is 14.3 Å². The molecular formula is C15H21N3O5. The zero-order valence-electron chi connectivity index (χ0n) is 13.4. The number of nitrogens with zero attached hydrogens (tertiary/aromatic N) is 1. The van der Waals surface area contributed by atoms with Crippen LogP contribution >= 0.6 is 0 Å². The molecule has 0 bridgehead atoms. The molecule has 0 saturated carbocycles. The third-order valence-corrected chi connectivity index (χ3v) is 2.78. The molecule has 0 fully saturated rings. The number of carbonyl (C=O) groups is 2. The molecule has 8 heteroatoms. The predicted molar refractivity (Wildman–Crippen MR) is 84.8 cm³/mol. The highest BCUT2D eigenvalue weighted by molar-refractivity contribution is 5.97. The molecule has 1 aromatic rings. The maximum absolute atomic E-state index is 11.6. The van der Waals surface area contributed by atoms with E-state index < -0.39 is 11.8 Å². The number of nitrogens with one attached hydrogen (secondary N) is 2. The summed E-state index contributed by atoms with van der Waals surface area (Å²) in [6.45, 7) is 0.744. The molecule has 0 aromatic heterocycles. The van der Waals surface area contributed by atoms with Gasteiger partial charge in [-0.1, -0.05) is 6.07 Å². The molecule has 23 heavy (non-hydrogen) atoms. The number of ether oxygens (including phenoxy) is 3. The van der Waals surface area contributed by atoms with Crippen LogP contribution in [-0.4, -0.2) is 52.5 Å². The minimum atomic E-state index is -0.516. The Kier molecular flexibility index (Phi) is 8.16. The number of rotatable bonds is 9. The van der Waals surface area contributed by atoms with Gasteiger partial charge in [0.1, 0.15) is 6.42 Å². The Balaban J connectivity index is 2.53. The van der Waals surface area contributed by atoms with Gasteiger partial charge in [-0.2, -0.15) is 5.10 Å². The lowest BCUT2D eigenvalue weighted by Crippen LogP contribution is -2.31. The van der Waals surface area contributed by atoms with Crippen LogP contribution in [0.4, 0.5) is 0 Å². The topological polar surface area (TPSA) is 98.2 Å². The summed E-state index contributed by atoms with van der Waals surface area (Å²) >= 11 is 0. The second-order valence-electron chi connectivity index (χ2n) is 4.40. The number of hydrogen-bond acceptors (Lipinski definition) is 6. The summed E-state index contributed by atoms with van der Waals surface area (Å²) in [4.78, 5) is 23.0. The maximum Gasteiger partial charge on any atom is 0.249 e. The van der Waals surface area contributed by atoms with E-state index in [-0.39, 0.29) is 6.42 Å². The lowest BCUT2D eigenvalue weighted by Gasteiger charge is -2.09. The molecule has 0 aliphatic heterocycles. The number of hydrogen-bond donors (Lipinski definition) is 2. The van der Waals surface area contributed by atoms with E-state index in [1.165, 1.54) is 27.5 Å². The molecule has 0 atom stereocenters. The first-order chi connectivity index (χ1) is 11.1. The van der Waals surface area contributed by atoms with Crippen molar-refractivity contribution in [3.05, 3.63) is 23.8 Å². The Labute approximate surface area is 134 Å². The summed E-state index contributed by atoms with van der Waals surface area (Å²) in [5.41, 5.74) is 2.92. The van der Waals surface area contributed by atoms with Crippen LogP contribution in [0.15, 0.2) is 23.3 Å². The van der Waals surface area contributed by atoms with Crippen molar-refractivity contribution in [1.82, 2.24) is 10.7 Å². The zero-order chi connectivity index (χ0) is 17.1. The summed E-state index contributed by atoms with van der Waals surface area (Å²) in [5.74, 6) is 0.150. The highest BCUT2D eigenvalue weighted by atomic mass is 16.5. The van der Waals surface area contributed by atoms with Crippen molar-refractivity contribution >= 4 is 18.0 Å². The van der Waals surface area contributed by atoms with Gasteiger partial charge in [-0.05, 0) is 12.1 Å². The monoisotopic (exact) mass is 323 g/mol. The molecule has 0 aliphatic rings. The van der Waals surface area contributed by atoms with E-state index in [9.17, 15) is 9.59 Å². The van der Waals surface area contributed by atoms with Crippen molar-refractivity contribution in [2.75, 3.05) is 34.5 Å². The van der Waals surface area contributed by atoms with Crippen LogP contribution in [0, 0.1) is 0 Å². The number of carbonyl (C=O) groups excluding carboxylic acids is 2. The van der Waals surface area contributed by atoms with Crippen molar-refractivity contribution in [2.45, 2.75) is 6.42 Å². The van der Waals surface area contributed by atoms with Crippen molar-refractivity contribution in [2.24, 2.45) is 5.10 Å². The Morgan fingerprint density at radius 2 is 1.96 bits per heavy atom. The molecule has 1 aromatic carbocycles. The number of hydrazone groups is 1. The first-order valence-electron chi connectivity index (χ1n) is 6.91. The third kappa shape index (κ3) is 6.35. The molecule has 0 saturated heterocycles. The van der Waals surface area contributed by atoms with Gasteiger partial charge < -0.3 is 19.5 Å². The molecule has 0 heterocycles. The molecule has 2 N–H and O–H groups in total. The van der Waals surface area contributed by atoms with E-state index in [0.29, 0.717) is 30.2 Å². The number of benzene rings is 1. The first kappa shape index (κ1) is 18.4. The summed E-state index contributed by atoms with van der Waals surface area (Å²) in [6.07, 6.45) is 1.11. The van der Waals surface area contributed by atoms with Gasteiger partial charge >= 0.3 is 0 Å². The Morgan fingerprint density at radius 1 is 1.17 bits per heavy atom. The molecule has 8 nitrogen and oxygen atoms in total. The van der Waals surface area contributed by atoms with Gasteiger partial charge in [0, 0.05) is 19.2 Å². The highest BCUT2D eigenvalue weighted by Gasteiger charge is 2.09. The normalized spacial score (nSPS) is 10.4. The van der Waals surface area contributed by atoms with Crippen LogP contribution in [0.3, 0.4) is 0 Å². The highest BCUT2D eigenvalue weighted by Crippen LogP contribution is 2.29. The molecule has 0 aliphatic carbocycles. The molecule has 0 radical (unpaired) electrons. The average Bonchev–Trinajstić information content (AvgIpc) is 2.54.